The summed E-state index contributed by atoms with van der Waals surface area (Å²) in [6, 6.07) is 10.1. The molecule has 2 aliphatic rings. The highest BCUT2D eigenvalue weighted by Gasteiger charge is 2.26. The van der Waals surface area contributed by atoms with E-state index in [9.17, 15) is 9.18 Å². The van der Waals surface area contributed by atoms with Gasteiger partial charge in [-0.25, -0.2) is 4.39 Å². The highest BCUT2D eigenvalue weighted by molar-refractivity contribution is 7.99. The van der Waals surface area contributed by atoms with Crippen LogP contribution < -0.4 is 14.8 Å². The third kappa shape index (κ3) is 3.99. The van der Waals surface area contributed by atoms with Crippen LogP contribution in [0.4, 0.5) is 4.39 Å². The summed E-state index contributed by atoms with van der Waals surface area (Å²) >= 11 is 1.68. The molecule has 0 saturated carbocycles. The first-order chi connectivity index (χ1) is 15.1. The second-order valence-corrected chi connectivity index (χ2v) is 8.76. The standard InChI is InChI=1S/C23H22FN3O3S/c1-27-13-17(22(26-27)14-3-5-19-20(11-14)30-9-2-8-29-19)23(28)25-18-7-10-31-21-6-4-15(24)12-16(18)21/h3-6,11-13,18H,2,7-10H2,1H3,(H,25,28)/t18-/m0/s1. The Morgan fingerprint density at radius 2 is 2.03 bits per heavy atom. The molecule has 8 heteroatoms. The maximum absolute atomic E-state index is 13.8. The van der Waals surface area contributed by atoms with Gasteiger partial charge in [0.25, 0.3) is 5.91 Å². The van der Waals surface area contributed by atoms with Gasteiger partial charge in [-0.1, -0.05) is 0 Å². The topological polar surface area (TPSA) is 65.4 Å². The molecule has 2 aromatic carbocycles. The first kappa shape index (κ1) is 19.9. The van der Waals surface area contributed by atoms with E-state index < -0.39 is 0 Å². The van der Waals surface area contributed by atoms with Gasteiger partial charge < -0.3 is 14.8 Å². The monoisotopic (exact) mass is 439 g/mol. The zero-order valence-corrected chi connectivity index (χ0v) is 17.9. The SMILES string of the molecule is Cn1cc(C(=O)N[C@H]2CCSc3ccc(F)cc32)c(-c2ccc3c(c2)OCCCO3)n1. The molecule has 0 saturated heterocycles. The fourth-order valence-electron chi connectivity index (χ4n) is 3.93. The van der Waals surface area contributed by atoms with Gasteiger partial charge in [0.05, 0.1) is 24.8 Å². The molecule has 0 fully saturated rings. The van der Waals surface area contributed by atoms with E-state index in [0.717, 1.165) is 34.6 Å². The molecule has 160 valence electrons. The van der Waals surface area contributed by atoms with E-state index in [4.69, 9.17) is 9.47 Å². The first-order valence-corrected chi connectivity index (χ1v) is 11.2. The van der Waals surface area contributed by atoms with Crippen molar-refractivity contribution in [3.8, 4) is 22.8 Å². The van der Waals surface area contributed by atoms with Crippen LogP contribution >= 0.6 is 11.8 Å². The number of aryl methyl sites for hydroxylation is 1. The number of aromatic nitrogens is 2. The molecule has 3 aromatic rings. The molecule has 0 unspecified atom stereocenters. The van der Waals surface area contributed by atoms with Crippen LogP contribution in [0.15, 0.2) is 47.5 Å². The molecule has 1 atom stereocenters. The summed E-state index contributed by atoms with van der Waals surface area (Å²) in [5.41, 5.74) is 2.64. The molecule has 0 aliphatic carbocycles. The molecule has 31 heavy (non-hydrogen) atoms. The lowest BCUT2D eigenvalue weighted by Gasteiger charge is -2.26. The number of hydrogen-bond donors (Lipinski definition) is 1. The molecular weight excluding hydrogens is 417 g/mol. The summed E-state index contributed by atoms with van der Waals surface area (Å²) in [5.74, 6) is 1.69. The normalized spacial score (nSPS) is 17.5. The Morgan fingerprint density at radius 3 is 2.90 bits per heavy atom. The summed E-state index contributed by atoms with van der Waals surface area (Å²) < 4.78 is 26.9. The van der Waals surface area contributed by atoms with Crippen molar-refractivity contribution in [3.63, 3.8) is 0 Å². The Morgan fingerprint density at radius 1 is 1.19 bits per heavy atom. The van der Waals surface area contributed by atoms with Gasteiger partial charge in [0, 0.05) is 35.9 Å². The van der Waals surface area contributed by atoms with E-state index in [2.05, 4.69) is 10.4 Å². The van der Waals surface area contributed by atoms with E-state index in [1.165, 1.54) is 12.1 Å². The molecule has 3 heterocycles. The van der Waals surface area contributed by atoms with Gasteiger partial charge in [-0.05, 0) is 48.4 Å². The number of carbonyl (C=O) groups excluding carboxylic acids is 1. The minimum Gasteiger partial charge on any atom is -0.490 e. The Hall–Kier alpha value is -3.00. The summed E-state index contributed by atoms with van der Waals surface area (Å²) in [5, 5.41) is 7.61. The Kier molecular flexibility index (Phi) is 5.31. The van der Waals surface area contributed by atoms with Crippen molar-refractivity contribution < 1.29 is 18.7 Å². The van der Waals surface area contributed by atoms with Crippen molar-refractivity contribution in [1.82, 2.24) is 15.1 Å². The van der Waals surface area contributed by atoms with Crippen molar-refractivity contribution in [2.75, 3.05) is 19.0 Å². The molecule has 1 amide bonds. The zero-order chi connectivity index (χ0) is 21.4. The van der Waals surface area contributed by atoms with Gasteiger partial charge in [0.15, 0.2) is 11.5 Å². The Bertz CT molecular complexity index is 1150. The van der Waals surface area contributed by atoms with Gasteiger partial charge in [0.2, 0.25) is 0 Å². The second-order valence-electron chi connectivity index (χ2n) is 7.62. The van der Waals surface area contributed by atoms with Crippen molar-refractivity contribution in [2.45, 2.75) is 23.8 Å². The minimum absolute atomic E-state index is 0.234. The number of ether oxygens (including phenoxy) is 2. The van der Waals surface area contributed by atoms with E-state index in [1.54, 1.807) is 35.8 Å². The number of carbonyl (C=O) groups is 1. The van der Waals surface area contributed by atoms with Crippen LogP contribution in [0.25, 0.3) is 11.3 Å². The smallest absolute Gasteiger partial charge is 0.255 e. The molecule has 0 spiro atoms. The lowest BCUT2D eigenvalue weighted by Crippen LogP contribution is -2.30. The number of nitrogens with one attached hydrogen (secondary N) is 1. The van der Waals surface area contributed by atoms with E-state index in [-0.39, 0.29) is 17.8 Å². The molecule has 0 bridgehead atoms. The number of amides is 1. The van der Waals surface area contributed by atoms with Crippen LogP contribution in [0, 0.1) is 5.82 Å². The number of nitrogens with zero attached hydrogens (tertiary/aromatic N) is 2. The highest BCUT2D eigenvalue weighted by Crippen LogP contribution is 2.38. The molecular formula is C23H22FN3O3S. The molecule has 6 nitrogen and oxygen atoms in total. The Labute approximate surface area is 183 Å². The number of halogens is 1. The summed E-state index contributed by atoms with van der Waals surface area (Å²) in [6.07, 6.45) is 3.27. The zero-order valence-electron chi connectivity index (χ0n) is 17.1. The van der Waals surface area contributed by atoms with Crippen molar-refractivity contribution in [2.24, 2.45) is 7.05 Å². The van der Waals surface area contributed by atoms with Crippen LogP contribution in [-0.4, -0.2) is 34.7 Å². The van der Waals surface area contributed by atoms with Crippen LogP contribution in [0.3, 0.4) is 0 Å². The molecule has 1 N–H and O–H groups in total. The number of thioether (sulfide) groups is 1. The Balaban J connectivity index is 1.45. The van der Waals surface area contributed by atoms with Crippen LogP contribution in [0.5, 0.6) is 11.5 Å². The third-order valence-electron chi connectivity index (χ3n) is 5.41. The van der Waals surface area contributed by atoms with Gasteiger partial charge >= 0.3 is 0 Å². The molecule has 0 radical (unpaired) electrons. The predicted octanol–water partition coefficient (Wildman–Crippen LogP) is 4.35. The number of fused-ring (bicyclic) bond motifs is 2. The minimum atomic E-state index is -0.297. The van der Waals surface area contributed by atoms with Gasteiger partial charge in [-0.15, -0.1) is 11.8 Å². The van der Waals surface area contributed by atoms with Crippen LogP contribution in [0.1, 0.15) is 34.8 Å². The molecule has 1 aromatic heterocycles. The molecule has 2 aliphatic heterocycles. The maximum Gasteiger partial charge on any atom is 0.255 e. The van der Waals surface area contributed by atoms with Crippen molar-refractivity contribution in [3.05, 3.63) is 59.5 Å². The lowest BCUT2D eigenvalue weighted by molar-refractivity contribution is 0.0935. The van der Waals surface area contributed by atoms with Crippen LogP contribution in [-0.2, 0) is 7.05 Å². The summed E-state index contributed by atoms with van der Waals surface area (Å²) in [6.45, 7) is 1.20. The number of rotatable bonds is 3. The van der Waals surface area contributed by atoms with Gasteiger partial charge in [-0.3, -0.25) is 9.48 Å². The van der Waals surface area contributed by atoms with Crippen molar-refractivity contribution in [1.29, 1.82) is 0 Å². The number of hydrogen-bond acceptors (Lipinski definition) is 5. The van der Waals surface area contributed by atoms with E-state index in [0.29, 0.717) is 36.0 Å². The fourth-order valence-corrected chi connectivity index (χ4v) is 5.04. The lowest BCUT2D eigenvalue weighted by atomic mass is 10.0. The van der Waals surface area contributed by atoms with E-state index in [1.807, 2.05) is 18.2 Å². The van der Waals surface area contributed by atoms with Gasteiger partial charge in [0.1, 0.15) is 11.5 Å². The predicted molar refractivity (Wildman–Crippen MR) is 116 cm³/mol. The second kappa shape index (κ2) is 8.26. The third-order valence-corrected chi connectivity index (χ3v) is 6.53. The highest BCUT2D eigenvalue weighted by atomic mass is 32.2. The van der Waals surface area contributed by atoms with E-state index >= 15 is 0 Å². The fraction of sp³-hybridized carbons (Fsp3) is 0.304. The summed E-state index contributed by atoms with van der Waals surface area (Å²) in [4.78, 5) is 14.2. The first-order valence-electron chi connectivity index (χ1n) is 10.3. The largest absolute Gasteiger partial charge is 0.490 e. The quantitative estimate of drug-likeness (QED) is 0.657. The van der Waals surface area contributed by atoms with Crippen LogP contribution in [0.2, 0.25) is 0 Å². The number of benzene rings is 2. The van der Waals surface area contributed by atoms with Gasteiger partial charge in [-0.2, -0.15) is 5.10 Å². The van der Waals surface area contributed by atoms with Crippen molar-refractivity contribution >= 4 is 17.7 Å². The molecule has 5 rings (SSSR count). The summed E-state index contributed by atoms with van der Waals surface area (Å²) in [7, 11) is 1.78. The average molecular weight is 440 g/mol. The maximum atomic E-state index is 13.8. The average Bonchev–Trinajstić information content (AvgIpc) is 3.01.